The van der Waals surface area contributed by atoms with Crippen LogP contribution in [-0.2, 0) is 23.1 Å². The van der Waals surface area contributed by atoms with E-state index in [1.54, 1.807) is 48.0 Å². The van der Waals surface area contributed by atoms with Gasteiger partial charge in [0.2, 0.25) is 0 Å². The number of thiophene rings is 1. The average Bonchev–Trinajstić information content (AvgIpc) is 3.79. The van der Waals surface area contributed by atoms with E-state index in [0.717, 1.165) is 22.6 Å². The molecular formula is C37H26F2N4O4S2. The van der Waals surface area contributed by atoms with Crippen LogP contribution in [0, 0.1) is 11.6 Å². The minimum absolute atomic E-state index is 0.0458. The lowest BCUT2D eigenvalue weighted by molar-refractivity contribution is 0.0948. The first kappa shape index (κ1) is 31.9. The van der Waals surface area contributed by atoms with E-state index >= 15 is 0 Å². The highest BCUT2D eigenvalue weighted by Crippen LogP contribution is 2.36. The number of amides is 1. The molecule has 0 unspecified atom stereocenters. The predicted molar refractivity (Wildman–Crippen MR) is 185 cm³/mol. The minimum Gasteiger partial charge on any atom is -0.348 e. The molecule has 1 N–H and O–H groups in total. The fraction of sp³-hybridized carbons (Fsp3) is 0.0541. The Labute approximate surface area is 283 Å². The van der Waals surface area contributed by atoms with Gasteiger partial charge in [-0.2, -0.15) is 0 Å². The number of aromatic nitrogens is 3. The first-order valence-corrected chi connectivity index (χ1v) is 17.4. The number of nitrogens with zero attached hydrogens (tertiary/aromatic N) is 3. The van der Waals surface area contributed by atoms with Crippen molar-refractivity contribution in [2.45, 2.75) is 18.0 Å². The summed E-state index contributed by atoms with van der Waals surface area (Å²) in [4.78, 5) is 32.0. The van der Waals surface area contributed by atoms with Crippen molar-refractivity contribution in [3.63, 3.8) is 0 Å². The fourth-order valence-corrected chi connectivity index (χ4v) is 7.63. The molecule has 0 aliphatic heterocycles. The maximum absolute atomic E-state index is 13.8. The third-order valence-electron chi connectivity index (χ3n) is 8.01. The van der Waals surface area contributed by atoms with Gasteiger partial charge in [-0.1, -0.05) is 48.5 Å². The molecule has 0 saturated heterocycles. The number of halogens is 2. The third-order valence-corrected chi connectivity index (χ3v) is 10.6. The van der Waals surface area contributed by atoms with Crippen molar-refractivity contribution in [1.82, 2.24) is 18.8 Å². The van der Waals surface area contributed by atoms with Crippen molar-refractivity contribution in [1.29, 1.82) is 0 Å². The minimum atomic E-state index is -3.98. The van der Waals surface area contributed by atoms with Gasteiger partial charge in [0.25, 0.3) is 21.5 Å². The van der Waals surface area contributed by atoms with Gasteiger partial charge in [-0.05, 0) is 76.7 Å². The lowest BCUT2D eigenvalue weighted by atomic mass is 10.0. The van der Waals surface area contributed by atoms with Crippen molar-refractivity contribution in [2.75, 3.05) is 0 Å². The van der Waals surface area contributed by atoms with E-state index in [2.05, 4.69) is 10.3 Å². The van der Waals surface area contributed by atoms with E-state index in [4.69, 9.17) is 0 Å². The number of carbonyl (C=O) groups excluding carboxylic acids is 1. The molecule has 7 rings (SSSR count). The SMILES string of the molecule is O=C(NCc1cccc(-c2cn(S(=O)(=O)c3ccccc3)c3ncc(-c4cccs4)cc23)c1)c1cccn(Cc2ccc(F)c(F)c2)c1=O. The Kier molecular flexibility index (Phi) is 8.49. The molecule has 0 aliphatic rings. The zero-order valence-electron chi connectivity index (χ0n) is 25.6. The molecule has 0 bridgehead atoms. The van der Waals surface area contributed by atoms with Crippen LogP contribution < -0.4 is 10.9 Å². The van der Waals surface area contributed by atoms with Crippen molar-refractivity contribution in [2.24, 2.45) is 0 Å². The number of nitrogens with one attached hydrogen (secondary N) is 1. The van der Waals surface area contributed by atoms with Crippen molar-refractivity contribution >= 4 is 38.3 Å². The van der Waals surface area contributed by atoms with Crippen LogP contribution >= 0.6 is 11.3 Å². The van der Waals surface area contributed by atoms with Gasteiger partial charge in [0.05, 0.1) is 11.4 Å². The van der Waals surface area contributed by atoms with Crippen LogP contribution in [0.3, 0.4) is 0 Å². The van der Waals surface area contributed by atoms with Gasteiger partial charge >= 0.3 is 0 Å². The number of hydrogen-bond donors (Lipinski definition) is 1. The van der Waals surface area contributed by atoms with Crippen LogP contribution in [0.15, 0.2) is 137 Å². The first-order valence-electron chi connectivity index (χ1n) is 15.1. The summed E-state index contributed by atoms with van der Waals surface area (Å²) >= 11 is 1.55. The van der Waals surface area contributed by atoms with Crippen LogP contribution in [-0.4, -0.2) is 27.8 Å². The highest BCUT2D eigenvalue weighted by molar-refractivity contribution is 7.90. The van der Waals surface area contributed by atoms with Gasteiger partial charge in [0.1, 0.15) is 5.56 Å². The molecule has 8 nitrogen and oxygen atoms in total. The Morgan fingerprint density at radius 1 is 0.837 bits per heavy atom. The zero-order valence-corrected chi connectivity index (χ0v) is 27.2. The molecule has 12 heteroatoms. The molecule has 0 saturated carbocycles. The molecule has 0 aliphatic carbocycles. The molecule has 0 fully saturated rings. The fourth-order valence-electron chi connectivity index (χ4n) is 5.57. The number of fused-ring (bicyclic) bond motifs is 1. The van der Waals surface area contributed by atoms with Gasteiger partial charge < -0.3 is 9.88 Å². The van der Waals surface area contributed by atoms with Gasteiger partial charge in [0.15, 0.2) is 17.3 Å². The lowest BCUT2D eigenvalue weighted by Gasteiger charge is -2.10. The number of hydrogen-bond acceptors (Lipinski definition) is 6. The van der Waals surface area contributed by atoms with E-state index in [-0.39, 0.29) is 29.2 Å². The van der Waals surface area contributed by atoms with Crippen LogP contribution in [0.2, 0.25) is 0 Å². The molecule has 4 aromatic heterocycles. The van der Waals surface area contributed by atoms with E-state index in [1.807, 2.05) is 41.8 Å². The molecule has 0 atom stereocenters. The van der Waals surface area contributed by atoms with Crippen molar-refractivity contribution in [3.05, 3.63) is 166 Å². The second kappa shape index (κ2) is 13.1. The second-order valence-electron chi connectivity index (χ2n) is 11.2. The lowest BCUT2D eigenvalue weighted by Crippen LogP contribution is -2.32. The Balaban J connectivity index is 1.19. The summed E-state index contributed by atoms with van der Waals surface area (Å²) in [5, 5.41) is 5.38. The molecule has 0 spiro atoms. The summed E-state index contributed by atoms with van der Waals surface area (Å²) < 4.78 is 57.1. The molecule has 7 aromatic rings. The number of rotatable bonds is 9. The number of pyridine rings is 2. The second-order valence-corrected chi connectivity index (χ2v) is 14.0. The maximum atomic E-state index is 13.8. The first-order chi connectivity index (χ1) is 23.7. The standard InChI is InChI=1S/C37H26F2N4O4S2/c38-32-14-13-25(18-33(32)39)22-42-15-5-11-29(37(42)45)36(44)41-20-24-7-4-8-26(17-24)31-23-43(49(46,47)28-9-2-1-3-10-28)35-30(31)19-27(21-40-35)34-12-6-16-48-34/h1-19,21,23H,20,22H2,(H,41,44). The van der Waals surface area contributed by atoms with E-state index in [1.165, 1.54) is 45.1 Å². The smallest absolute Gasteiger partial charge is 0.269 e. The Bertz CT molecular complexity index is 2510. The summed E-state index contributed by atoms with van der Waals surface area (Å²) in [5.41, 5.74) is 2.85. The molecule has 4 heterocycles. The summed E-state index contributed by atoms with van der Waals surface area (Å²) in [5.74, 6) is -2.62. The average molecular weight is 693 g/mol. The summed E-state index contributed by atoms with van der Waals surface area (Å²) in [6.07, 6.45) is 4.70. The summed E-state index contributed by atoms with van der Waals surface area (Å²) in [6, 6.07) is 27.6. The Morgan fingerprint density at radius 2 is 1.67 bits per heavy atom. The van der Waals surface area contributed by atoms with E-state index in [9.17, 15) is 26.8 Å². The quantitative estimate of drug-likeness (QED) is 0.174. The van der Waals surface area contributed by atoms with Gasteiger partial charge in [0, 0.05) is 46.5 Å². The topological polar surface area (TPSA) is 103 Å². The van der Waals surface area contributed by atoms with Crippen molar-refractivity contribution in [3.8, 4) is 21.6 Å². The van der Waals surface area contributed by atoms with Crippen LogP contribution in [0.25, 0.3) is 32.6 Å². The van der Waals surface area contributed by atoms with Crippen LogP contribution in [0.4, 0.5) is 8.78 Å². The number of carbonyl (C=O) groups is 1. The van der Waals surface area contributed by atoms with Crippen LogP contribution in [0.1, 0.15) is 21.5 Å². The van der Waals surface area contributed by atoms with E-state index in [0.29, 0.717) is 27.6 Å². The largest absolute Gasteiger partial charge is 0.348 e. The van der Waals surface area contributed by atoms with Crippen LogP contribution in [0.5, 0.6) is 0 Å². The highest BCUT2D eigenvalue weighted by Gasteiger charge is 2.23. The predicted octanol–water partition coefficient (Wildman–Crippen LogP) is 7.09. The van der Waals surface area contributed by atoms with Gasteiger partial charge in [-0.3, -0.25) is 9.59 Å². The molecule has 0 radical (unpaired) electrons. The van der Waals surface area contributed by atoms with Crippen molar-refractivity contribution < 1.29 is 22.0 Å². The molecular weight excluding hydrogens is 667 g/mol. The third kappa shape index (κ3) is 6.31. The molecule has 49 heavy (non-hydrogen) atoms. The number of benzene rings is 3. The van der Waals surface area contributed by atoms with E-state index < -0.39 is 33.1 Å². The van der Waals surface area contributed by atoms with Gasteiger partial charge in [-0.15, -0.1) is 11.3 Å². The Morgan fingerprint density at radius 3 is 2.45 bits per heavy atom. The molecule has 1 amide bonds. The summed E-state index contributed by atoms with van der Waals surface area (Å²) in [6.45, 7) is 0.0275. The zero-order chi connectivity index (χ0) is 34.1. The monoisotopic (exact) mass is 692 g/mol. The normalized spacial score (nSPS) is 11.6. The maximum Gasteiger partial charge on any atom is 0.269 e. The summed E-state index contributed by atoms with van der Waals surface area (Å²) in [7, 11) is -3.98. The van der Waals surface area contributed by atoms with Gasteiger partial charge in [-0.25, -0.2) is 26.2 Å². The molecule has 244 valence electrons. The Hall–Kier alpha value is -5.72. The highest BCUT2D eigenvalue weighted by atomic mass is 32.2. The molecule has 3 aromatic carbocycles.